The average molecular weight is 310 g/mol. The largest absolute Gasteiger partial charge is 0.306 e. The summed E-state index contributed by atoms with van der Waals surface area (Å²) >= 11 is 0. The molecule has 6 nitrogen and oxygen atoms in total. The van der Waals surface area contributed by atoms with Crippen molar-refractivity contribution < 1.29 is 17.7 Å². The summed E-state index contributed by atoms with van der Waals surface area (Å²) in [6, 6.07) is 8.87. The highest BCUT2D eigenvalue weighted by Gasteiger charge is 2.18. The van der Waals surface area contributed by atoms with Gasteiger partial charge in [0, 0.05) is 6.07 Å². The standard InChI is InChI=1S/C13H11FN2O4S/c1-9-2-5-11(6-3-9)21(19,20)15-10-4-7-12(14)13(8-10)16(17)18/h2-8,15H,1H3. The van der Waals surface area contributed by atoms with Crippen LogP contribution in [0.3, 0.4) is 0 Å². The van der Waals surface area contributed by atoms with E-state index in [1.165, 1.54) is 12.1 Å². The molecule has 0 bridgehead atoms. The Morgan fingerprint density at radius 1 is 1.14 bits per heavy atom. The zero-order valence-electron chi connectivity index (χ0n) is 10.9. The lowest BCUT2D eigenvalue weighted by Crippen LogP contribution is -2.13. The van der Waals surface area contributed by atoms with Gasteiger partial charge in [-0.25, -0.2) is 8.42 Å². The number of halogens is 1. The van der Waals surface area contributed by atoms with Gasteiger partial charge in [-0.15, -0.1) is 0 Å². The van der Waals surface area contributed by atoms with E-state index in [-0.39, 0.29) is 10.6 Å². The first-order valence-corrected chi connectivity index (χ1v) is 7.31. The Balaban J connectivity index is 2.35. The normalized spacial score (nSPS) is 11.1. The fraction of sp³-hybridized carbons (Fsp3) is 0.0769. The van der Waals surface area contributed by atoms with E-state index in [9.17, 15) is 22.9 Å². The van der Waals surface area contributed by atoms with Crippen molar-refractivity contribution in [2.75, 3.05) is 4.72 Å². The van der Waals surface area contributed by atoms with Crippen molar-refractivity contribution >= 4 is 21.4 Å². The van der Waals surface area contributed by atoms with E-state index in [2.05, 4.69) is 4.72 Å². The van der Waals surface area contributed by atoms with E-state index in [1.54, 1.807) is 12.1 Å². The summed E-state index contributed by atoms with van der Waals surface area (Å²) in [4.78, 5) is 9.73. The fourth-order valence-electron chi connectivity index (χ4n) is 1.65. The maximum atomic E-state index is 13.2. The molecule has 0 aromatic heterocycles. The van der Waals surface area contributed by atoms with Crippen molar-refractivity contribution in [1.82, 2.24) is 0 Å². The first-order chi connectivity index (χ1) is 9.79. The maximum Gasteiger partial charge on any atom is 0.306 e. The topological polar surface area (TPSA) is 89.3 Å². The summed E-state index contributed by atoms with van der Waals surface area (Å²) in [5.74, 6) is -1.03. The Bertz CT molecular complexity index is 788. The van der Waals surface area contributed by atoms with Crippen LogP contribution < -0.4 is 4.72 Å². The third-order valence-corrected chi connectivity index (χ3v) is 4.12. The van der Waals surface area contributed by atoms with E-state index in [1.807, 2.05) is 6.92 Å². The van der Waals surface area contributed by atoms with Gasteiger partial charge in [0.15, 0.2) is 0 Å². The number of anilines is 1. The fourth-order valence-corrected chi connectivity index (χ4v) is 2.70. The SMILES string of the molecule is Cc1ccc(S(=O)(=O)Nc2ccc(F)c([N+](=O)[O-])c2)cc1. The number of nitrogens with one attached hydrogen (secondary N) is 1. The molecule has 8 heteroatoms. The number of hydrogen-bond donors (Lipinski definition) is 1. The van der Waals surface area contributed by atoms with Gasteiger partial charge in [0.05, 0.1) is 15.5 Å². The predicted molar refractivity (Wildman–Crippen MR) is 75.0 cm³/mol. The molecular weight excluding hydrogens is 299 g/mol. The Labute approximate surface area is 120 Å². The van der Waals surface area contributed by atoms with Crippen LogP contribution in [0, 0.1) is 22.9 Å². The molecule has 0 saturated carbocycles. The molecule has 2 rings (SSSR count). The van der Waals surface area contributed by atoms with Crippen LogP contribution in [0.2, 0.25) is 0 Å². The molecule has 1 N–H and O–H groups in total. The number of hydrogen-bond acceptors (Lipinski definition) is 4. The van der Waals surface area contributed by atoms with Gasteiger partial charge in [0.2, 0.25) is 5.82 Å². The summed E-state index contributed by atoms with van der Waals surface area (Å²) in [5, 5.41) is 10.6. The van der Waals surface area contributed by atoms with Crippen LogP contribution in [-0.2, 0) is 10.0 Å². The first-order valence-electron chi connectivity index (χ1n) is 5.83. The molecule has 0 fully saturated rings. The molecule has 21 heavy (non-hydrogen) atoms. The molecule has 0 unspecified atom stereocenters. The molecule has 0 radical (unpaired) electrons. The van der Waals surface area contributed by atoms with Crippen molar-refractivity contribution in [1.29, 1.82) is 0 Å². The smallest absolute Gasteiger partial charge is 0.279 e. The highest BCUT2D eigenvalue weighted by atomic mass is 32.2. The van der Waals surface area contributed by atoms with Crippen LogP contribution in [0.1, 0.15) is 5.56 Å². The minimum Gasteiger partial charge on any atom is -0.279 e. The van der Waals surface area contributed by atoms with E-state index < -0.39 is 26.5 Å². The molecule has 0 aliphatic rings. The minimum atomic E-state index is -3.88. The Hall–Kier alpha value is -2.48. The number of aryl methyl sites for hydroxylation is 1. The summed E-state index contributed by atoms with van der Waals surface area (Å²) in [6.07, 6.45) is 0. The number of nitro groups is 1. The quantitative estimate of drug-likeness (QED) is 0.694. The second-order valence-corrected chi connectivity index (χ2v) is 6.02. The Kier molecular flexibility index (Phi) is 3.90. The van der Waals surface area contributed by atoms with Gasteiger partial charge in [-0.3, -0.25) is 14.8 Å². The maximum absolute atomic E-state index is 13.2. The highest BCUT2D eigenvalue weighted by Crippen LogP contribution is 2.23. The van der Waals surface area contributed by atoms with E-state index in [0.717, 1.165) is 23.8 Å². The highest BCUT2D eigenvalue weighted by molar-refractivity contribution is 7.92. The third-order valence-electron chi connectivity index (χ3n) is 2.73. The van der Waals surface area contributed by atoms with Gasteiger partial charge in [0.1, 0.15) is 0 Å². The number of nitrogens with zero attached hydrogens (tertiary/aromatic N) is 1. The molecule has 110 valence electrons. The van der Waals surface area contributed by atoms with Gasteiger partial charge in [-0.2, -0.15) is 4.39 Å². The molecular formula is C13H11FN2O4S. The second kappa shape index (κ2) is 5.49. The van der Waals surface area contributed by atoms with Crippen LogP contribution in [0.4, 0.5) is 15.8 Å². The van der Waals surface area contributed by atoms with Crippen LogP contribution in [0.5, 0.6) is 0 Å². The number of rotatable bonds is 4. The van der Waals surface area contributed by atoms with Gasteiger partial charge < -0.3 is 0 Å². The van der Waals surface area contributed by atoms with Crippen molar-refractivity contribution in [2.45, 2.75) is 11.8 Å². The zero-order valence-corrected chi connectivity index (χ0v) is 11.7. The van der Waals surface area contributed by atoms with Gasteiger partial charge >= 0.3 is 5.69 Å². The van der Waals surface area contributed by atoms with Crippen molar-refractivity contribution in [3.63, 3.8) is 0 Å². The van der Waals surface area contributed by atoms with E-state index in [0.29, 0.717) is 0 Å². The third kappa shape index (κ3) is 3.34. The van der Waals surface area contributed by atoms with Crippen molar-refractivity contribution in [3.05, 3.63) is 64.0 Å². The molecule has 0 spiro atoms. The first kappa shape index (κ1) is 14.9. The lowest BCUT2D eigenvalue weighted by Gasteiger charge is -2.08. The Morgan fingerprint density at radius 3 is 2.33 bits per heavy atom. The zero-order chi connectivity index (χ0) is 15.6. The number of benzene rings is 2. The predicted octanol–water partition coefficient (Wildman–Crippen LogP) is 2.84. The molecule has 2 aromatic carbocycles. The molecule has 0 aliphatic heterocycles. The monoisotopic (exact) mass is 310 g/mol. The van der Waals surface area contributed by atoms with Crippen molar-refractivity contribution in [2.24, 2.45) is 0 Å². The summed E-state index contributed by atoms with van der Waals surface area (Å²) in [7, 11) is -3.88. The average Bonchev–Trinajstić information content (AvgIpc) is 2.41. The van der Waals surface area contributed by atoms with Gasteiger partial charge in [-0.1, -0.05) is 17.7 Å². The van der Waals surface area contributed by atoms with Crippen molar-refractivity contribution in [3.8, 4) is 0 Å². The molecule has 2 aromatic rings. The van der Waals surface area contributed by atoms with Crippen LogP contribution >= 0.6 is 0 Å². The molecule has 0 atom stereocenters. The second-order valence-electron chi connectivity index (χ2n) is 4.34. The summed E-state index contributed by atoms with van der Waals surface area (Å²) < 4.78 is 39.6. The molecule has 0 aliphatic carbocycles. The van der Waals surface area contributed by atoms with E-state index >= 15 is 0 Å². The number of nitro benzene ring substituents is 1. The van der Waals surface area contributed by atoms with Crippen LogP contribution in [0.15, 0.2) is 47.4 Å². The lowest BCUT2D eigenvalue weighted by atomic mass is 10.2. The Morgan fingerprint density at radius 2 is 1.76 bits per heavy atom. The number of sulfonamides is 1. The molecule has 0 saturated heterocycles. The van der Waals surface area contributed by atoms with Crippen LogP contribution in [-0.4, -0.2) is 13.3 Å². The van der Waals surface area contributed by atoms with E-state index in [4.69, 9.17) is 0 Å². The molecule has 0 amide bonds. The van der Waals surface area contributed by atoms with Crippen LogP contribution in [0.25, 0.3) is 0 Å². The van der Waals surface area contributed by atoms with Gasteiger partial charge in [-0.05, 0) is 31.2 Å². The molecule has 0 heterocycles. The van der Waals surface area contributed by atoms with Gasteiger partial charge in [0.25, 0.3) is 10.0 Å². The minimum absolute atomic E-state index is 0.0140. The summed E-state index contributed by atoms with van der Waals surface area (Å²) in [5.41, 5.74) is 0.0224. The lowest BCUT2D eigenvalue weighted by molar-refractivity contribution is -0.387. The summed E-state index contributed by atoms with van der Waals surface area (Å²) in [6.45, 7) is 1.81.